The van der Waals surface area contributed by atoms with Gasteiger partial charge in [-0.3, -0.25) is 23.7 Å². The fraction of sp³-hybridized carbons (Fsp3) is 0.615. The van der Waals surface area contributed by atoms with Gasteiger partial charge in [0.2, 0.25) is 0 Å². The number of aliphatic hydroxyl groups excluding tert-OH is 1. The molecule has 5 N–H and O–H groups in total. The normalized spacial score (nSPS) is 28.6. The number of carbonyl (C=O) groups is 1. The molecule has 0 bridgehead atoms. The first kappa shape index (κ1) is 21.4. The number of hydrogen-bond donors (Lipinski definition) is 5. The Bertz CT molecular complexity index is 871. The number of aliphatic hydroxyl groups is 1. The zero-order chi connectivity index (χ0) is 20.5. The topological polar surface area (TPSA) is 180 Å². The van der Waals surface area contributed by atoms with Crippen LogP contribution in [0.4, 0.5) is 4.39 Å². The second-order valence-corrected chi connectivity index (χ2v) is 7.54. The summed E-state index contributed by atoms with van der Waals surface area (Å²) in [4.78, 5) is 45.5. The summed E-state index contributed by atoms with van der Waals surface area (Å²) < 4.78 is 36.8. The number of alkyl halides is 1. The van der Waals surface area contributed by atoms with E-state index in [9.17, 15) is 33.3 Å². The van der Waals surface area contributed by atoms with Crippen LogP contribution in [0.2, 0.25) is 0 Å². The van der Waals surface area contributed by atoms with Crippen molar-refractivity contribution < 1.29 is 38.1 Å². The van der Waals surface area contributed by atoms with Crippen molar-refractivity contribution >= 4 is 13.7 Å². The number of nitrogens with one attached hydrogen (secondary N) is 2. The standard InChI is InChI=1S/C13H19FN3O9P/c1-5-3-17(13(22)15-10(5)19)11-8(14)9(18)7(26-11)4-25-27(23,24)16-6(2)12(20)21/h3,6-9,11,18H,4H2,1-2H3,(H,20,21)(H,15,19,22)(H2,16,23,24)/t6-,7?,8+,9-,11-/m0/s1. The third-order valence-electron chi connectivity index (χ3n) is 3.85. The van der Waals surface area contributed by atoms with Crippen molar-refractivity contribution in [3.05, 3.63) is 32.6 Å². The summed E-state index contributed by atoms with van der Waals surface area (Å²) in [5.74, 6) is -1.40. The Balaban J connectivity index is 2.10. The van der Waals surface area contributed by atoms with Crippen molar-refractivity contribution in [1.82, 2.24) is 14.6 Å². The quantitative estimate of drug-likeness (QED) is 0.336. The molecule has 1 aliphatic heterocycles. The maximum Gasteiger partial charge on any atom is 0.403 e. The number of aryl methyl sites for hydroxylation is 1. The second kappa shape index (κ2) is 8.00. The lowest BCUT2D eigenvalue weighted by molar-refractivity contribution is -0.138. The molecule has 1 aromatic rings. The fourth-order valence-electron chi connectivity index (χ4n) is 2.35. The third-order valence-corrected chi connectivity index (χ3v) is 5.07. The van der Waals surface area contributed by atoms with Crippen LogP contribution in [0, 0.1) is 6.92 Å². The predicted molar refractivity (Wildman–Crippen MR) is 86.9 cm³/mol. The van der Waals surface area contributed by atoms with E-state index in [1.54, 1.807) is 0 Å². The number of ether oxygens (including phenoxy) is 1. The molecule has 2 heterocycles. The molecule has 152 valence electrons. The zero-order valence-electron chi connectivity index (χ0n) is 14.2. The van der Waals surface area contributed by atoms with Crippen LogP contribution in [0.3, 0.4) is 0 Å². The number of hydrogen-bond acceptors (Lipinski definition) is 7. The van der Waals surface area contributed by atoms with Crippen molar-refractivity contribution in [2.24, 2.45) is 0 Å². The lowest BCUT2D eigenvalue weighted by Crippen LogP contribution is -2.37. The fourth-order valence-corrected chi connectivity index (χ4v) is 3.38. The van der Waals surface area contributed by atoms with Gasteiger partial charge in [-0.25, -0.2) is 18.8 Å². The Morgan fingerprint density at radius 2 is 2.19 bits per heavy atom. The van der Waals surface area contributed by atoms with E-state index >= 15 is 0 Å². The minimum absolute atomic E-state index is 0.103. The minimum atomic E-state index is -4.58. The Kier molecular flexibility index (Phi) is 6.35. The van der Waals surface area contributed by atoms with Gasteiger partial charge in [-0.15, -0.1) is 0 Å². The highest BCUT2D eigenvalue weighted by Gasteiger charge is 2.46. The molecule has 1 aromatic heterocycles. The van der Waals surface area contributed by atoms with Gasteiger partial charge >= 0.3 is 19.4 Å². The highest BCUT2D eigenvalue weighted by molar-refractivity contribution is 7.50. The van der Waals surface area contributed by atoms with Gasteiger partial charge < -0.3 is 19.8 Å². The highest BCUT2D eigenvalue weighted by atomic mass is 31.2. The number of halogens is 1. The maximum atomic E-state index is 14.4. The molecule has 6 atom stereocenters. The lowest BCUT2D eigenvalue weighted by atomic mass is 10.1. The summed E-state index contributed by atoms with van der Waals surface area (Å²) in [6.07, 6.45) is -5.86. The summed E-state index contributed by atoms with van der Waals surface area (Å²) in [6, 6.07) is -1.40. The van der Waals surface area contributed by atoms with Crippen LogP contribution in [0.1, 0.15) is 18.7 Å². The van der Waals surface area contributed by atoms with E-state index in [0.717, 1.165) is 17.7 Å². The molecule has 27 heavy (non-hydrogen) atoms. The van der Waals surface area contributed by atoms with Gasteiger partial charge in [-0.2, -0.15) is 0 Å². The predicted octanol–water partition coefficient (Wildman–Crippen LogP) is -1.38. The van der Waals surface area contributed by atoms with Gasteiger partial charge in [0.15, 0.2) is 12.4 Å². The number of aromatic amines is 1. The lowest BCUT2D eigenvalue weighted by Gasteiger charge is -2.19. The van der Waals surface area contributed by atoms with E-state index in [0.29, 0.717) is 0 Å². The highest BCUT2D eigenvalue weighted by Crippen LogP contribution is 2.40. The first-order chi connectivity index (χ1) is 12.4. The Morgan fingerprint density at radius 1 is 1.56 bits per heavy atom. The largest absolute Gasteiger partial charge is 0.480 e. The summed E-state index contributed by atoms with van der Waals surface area (Å²) in [5, 5.41) is 20.5. The first-order valence-electron chi connectivity index (χ1n) is 7.70. The van der Waals surface area contributed by atoms with E-state index in [1.807, 2.05) is 10.1 Å². The molecule has 0 radical (unpaired) electrons. The molecule has 0 amide bonds. The number of H-pyrrole nitrogens is 1. The number of aliphatic carboxylic acids is 1. The minimum Gasteiger partial charge on any atom is -0.480 e. The summed E-state index contributed by atoms with van der Waals surface area (Å²) in [7, 11) is -4.58. The smallest absolute Gasteiger partial charge is 0.403 e. The van der Waals surface area contributed by atoms with Crippen molar-refractivity contribution in [2.45, 2.75) is 44.5 Å². The number of nitrogens with zero attached hydrogens (tertiary/aromatic N) is 1. The molecule has 1 fully saturated rings. The van der Waals surface area contributed by atoms with Crippen LogP contribution in [-0.4, -0.2) is 61.7 Å². The SMILES string of the molecule is Cc1cn([C@H]2OC(COP(=O)(O)N[C@@H](C)C(=O)O)[C@H](O)[C@H]2F)c(=O)[nH]c1=O. The molecule has 0 aliphatic carbocycles. The molecule has 1 saturated heterocycles. The molecule has 12 nitrogen and oxygen atoms in total. The number of carboxylic acid groups (broad SMARTS) is 1. The van der Waals surface area contributed by atoms with Gasteiger partial charge in [-0.1, -0.05) is 0 Å². The molecule has 0 aromatic carbocycles. The molecular weight excluding hydrogens is 392 g/mol. The van der Waals surface area contributed by atoms with E-state index in [-0.39, 0.29) is 5.56 Å². The maximum absolute atomic E-state index is 14.4. The number of carboxylic acids is 1. The van der Waals surface area contributed by atoms with E-state index < -0.39 is 62.2 Å². The van der Waals surface area contributed by atoms with E-state index in [2.05, 4.69) is 4.52 Å². The second-order valence-electron chi connectivity index (χ2n) is 5.98. The van der Waals surface area contributed by atoms with Gasteiger partial charge in [0.1, 0.15) is 18.2 Å². The van der Waals surface area contributed by atoms with Crippen molar-refractivity contribution in [1.29, 1.82) is 0 Å². The third kappa shape index (κ3) is 4.89. The van der Waals surface area contributed by atoms with Crippen LogP contribution < -0.4 is 16.3 Å². The Hall–Kier alpha value is -1.89. The molecule has 0 spiro atoms. The van der Waals surface area contributed by atoms with Crippen molar-refractivity contribution in [3.8, 4) is 0 Å². The van der Waals surface area contributed by atoms with Crippen LogP contribution >= 0.6 is 7.75 Å². The average Bonchev–Trinajstić information content (AvgIpc) is 2.84. The summed E-state index contributed by atoms with van der Waals surface area (Å²) >= 11 is 0. The molecule has 2 unspecified atom stereocenters. The monoisotopic (exact) mass is 411 g/mol. The molecule has 1 aliphatic rings. The molecular formula is C13H19FN3O9P. The van der Waals surface area contributed by atoms with Crippen LogP contribution in [0.15, 0.2) is 15.8 Å². The van der Waals surface area contributed by atoms with Crippen molar-refractivity contribution in [3.63, 3.8) is 0 Å². The molecule has 0 saturated carbocycles. The van der Waals surface area contributed by atoms with E-state index in [1.165, 1.54) is 6.92 Å². The Labute approximate surface area is 151 Å². The number of rotatable bonds is 7. The van der Waals surface area contributed by atoms with Gasteiger partial charge in [-0.05, 0) is 13.8 Å². The Morgan fingerprint density at radius 3 is 2.78 bits per heavy atom. The molecule has 2 rings (SSSR count). The van der Waals surface area contributed by atoms with Gasteiger partial charge in [0.05, 0.1) is 6.61 Å². The van der Waals surface area contributed by atoms with E-state index in [4.69, 9.17) is 9.84 Å². The summed E-state index contributed by atoms with van der Waals surface area (Å²) in [6.45, 7) is 1.72. The van der Waals surface area contributed by atoms with Gasteiger partial charge in [0.25, 0.3) is 5.56 Å². The van der Waals surface area contributed by atoms with Gasteiger partial charge in [0, 0.05) is 11.8 Å². The van der Waals surface area contributed by atoms with Crippen molar-refractivity contribution in [2.75, 3.05) is 6.61 Å². The van der Waals surface area contributed by atoms with Crippen LogP contribution in [0.5, 0.6) is 0 Å². The molecule has 14 heteroatoms. The van der Waals surface area contributed by atoms with Crippen LogP contribution in [0.25, 0.3) is 0 Å². The average molecular weight is 411 g/mol. The van der Waals surface area contributed by atoms with Crippen LogP contribution in [-0.2, 0) is 18.6 Å². The zero-order valence-corrected chi connectivity index (χ0v) is 15.1. The number of aromatic nitrogens is 2. The summed E-state index contributed by atoms with van der Waals surface area (Å²) in [5.41, 5.74) is -1.52. The first-order valence-corrected chi connectivity index (χ1v) is 9.28.